The summed E-state index contributed by atoms with van der Waals surface area (Å²) in [6, 6.07) is 4.21. The fraction of sp³-hybridized carbons (Fsp3) is 0.364. The molecule has 1 unspecified atom stereocenters. The molecule has 0 aliphatic heterocycles. The maximum absolute atomic E-state index is 13.0. The molecule has 1 aromatic rings. The molecule has 17 heavy (non-hydrogen) atoms. The molecule has 0 heterocycles. The van der Waals surface area contributed by atoms with Crippen molar-refractivity contribution in [3.8, 4) is 5.75 Å². The van der Waals surface area contributed by atoms with Gasteiger partial charge in [0.05, 0.1) is 6.61 Å². The molecule has 0 saturated carbocycles. The lowest BCUT2D eigenvalue weighted by atomic mass is 10.2. The van der Waals surface area contributed by atoms with Gasteiger partial charge in [-0.1, -0.05) is 0 Å². The second-order valence-electron chi connectivity index (χ2n) is 3.48. The van der Waals surface area contributed by atoms with E-state index in [1.807, 2.05) is 5.43 Å². The van der Waals surface area contributed by atoms with E-state index in [1.54, 1.807) is 6.92 Å². The van der Waals surface area contributed by atoms with E-state index in [-0.39, 0.29) is 12.4 Å². The van der Waals surface area contributed by atoms with Crippen molar-refractivity contribution >= 4 is 5.91 Å². The maximum atomic E-state index is 13.0. The van der Waals surface area contributed by atoms with Crippen molar-refractivity contribution in [3.05, 3.63) is 29.6 Å². The summed E-state index contributed by atoms with van der Waals surface area (Å²) in [5.74, 6) is 4.56. The molecular formula is C11H15FN2O3. The van der Waals surface area contributed by atoms with Gasteiger partial charge in [0.1, 0.15) is 11.6 Å². The van der Waals surface area contributed by atoms with Crippen LogP contribution in [0.1, 0.15) is 5.56 Å². The molecule has 1 atom stereocenters. The Labute approximate surface area is 98.7 Å². The molecule has 0 aromatic heterocycles. The van der Waals surface area contributed by atoms with E-state index in [0.717, 1.165) is 0 Å². The Balaban J connectivity index is 2.78. The third kappa shape index (κ3) is 3.69. The Morgan fingerprint density at radius 2 is 2.29 bits per heavy atom. The number of nitrogens with one attached hydrogen (secondary N) is 1. The highest BCUT2D eigenvalue weighted by Crippen LogP contribution is 2.17. The summed E-state index contributed by atoms with van der Waals surface area (Å²) < 4.78 is 23.2. The second kappa shape index (κ2) is 6.17. The van der Waals surface area contributed by atoms with Gasteiger partial charge in [-0.05, 0) is 30.7 Å². The van der Waals surface area contributed by atoms with Gasteiger partial charge in [0.15, 0.2) is 0 Å². The molecule has 0 aliphatic rings. The van der Waals surface area contributed by atoms with Crippen molar-refractivity contribution in [3.63, 3.8) is 0 Å². The van der Waals surface area contributed by atoms with Crippen LogP contribution in [-0.4, -0.2) is 25.7 Å². The van der Waals surface area contributed by atoms with Gasteiger partial charge in [-0.25, -0.2) is 10.2 Å². The summed E-state index contributed by atoms with van der Waals surface area (Å²) in [6.45, 7) is 1.66. The number of amides is 1. The number of ether oxygens (including phenoxy) is 2. The van der Waals surface area contributed by atoms with Crippen LogP contribution in [0.4, 0.5) is 4.39 Å². The Morgan fingerprint density at radius 1 is 1.59 bits per heavy atom. The predicted octanol–water partition coefficient (Wildman–Crippen LogP) is 0.518. The van der Waals surface area contributed by atoms with E-state index in [4.69, 9.17) is 15.3 Å². The first-order chi connectivity index (χ1) is 8.08. The van der Waals surface area contributed by atoms with Crippen LogP contribution in [0.5, 0.6) is 5.75 Å². The van der Waals surface area contributed by atoms with E-state index >= 15 is 0 Å². The lowest BCUT2D eigenvalue weighted by molar-refractivity contribution is -0.130. The van der Waals surface area contributed by atoms with Gasteiger partial charge in [0, 0.05) is 7.11 Å². The Kier molecular flexibility index (Phi) is 4.86. The molecule has 0 saturated heterocycles. The van der Waals surface area contributed by atoms with E-state index in [2.05, 4.69) is 0 Å². The van der Waals surface area contributed by atoms with Crippen LogP contribution in [0.15, 0.2) is 18.2 Å². The molecule has 1 rings (SSSR count). The number of carbonyl (C=O) groups is 1. The Bertz CT molecular complexity index is 398. The number of aryl methyl sites for hydroxylation is 1. The summed E-state index contributed by atoms with van der Waals surface area (Å²) in [5, 5.41) is 0. The molecule has 1 aromatic carbocycles. The minimum atomic E-state index is -0.866. The van der Waals surface area contributed by atoms with Crippen molar-refractivity contribution in [1.82, 2.24) is 5.43 Å². The molecule has 0 bridgehead atoms. The fourth-order valence-corrected chi connectivity index (χ4v) is 1.26. The van der Waals surface area contributed by atoms with Crippen molar-refractivity contribution in [2.24, 2.45) is 5.84 Å². The molecule has 0 fully saturated rings. The van der Waals surface area contributed by atoms with Gasteiger partial charge >= 0.3 is 0 Å². The quantitative estimate of drug-likeness (QED) is 0.448. The topological polar surface area (TPSA) is 73.6 Å². The number of carbonyl (C=O) groups excluding carboxylic acids is 1. The first kappa shape index (κ1) is 13.4. The zero-order valence-electron chi connectivity index (χ0n) is 9.70. The maximum Gasteiger partial charge on any atom is 0.277 e. The monoisotopic (exact) mass is 242 g/mol. The van der Waals surface area contributed by atoms with E-state index < -0.39 is 12.0 Å². The van der Waals surface area contributed by atoms with Crippen LogP contribution in [0.2, 0.25) is 0 Å². The molecular weight excluding hydrogens is 227 g/mol. The molecule has 3 N–H and O–H groups in total. The standard InChI is InChI=1S/C11H15FN2O3/c1-7-5-8(3-4-9(7)12)17-10(6-16-2)11(15)14-13/h3-5,10H,6,13H2,1-2H3,(H,14,15). The summed E-state index contributed by atoms with van der Waals surface area (Å²) in [4.78, 5) is 11.3. The first-order valence-electron chi connectivity index (χ1n) is 5.00. The van der Waals surface area contributed by atoms with Crippen molar-refractivity contribution in [2.45, 2.75) is 13.0 Å². The molecule has 0 aliphatic carbocycles. The van der Waals surface area contributed by atoms with Crippen LogP contribution in [0, 0.1) is 12.7 Å². The number of benzene rings is 1. The zero-order valence-corrected chi connectivity index (χ0v) is 9.70. The summed E-state index contributed by atoms with van der Waals surface area (Å²) in [7, 11) is 1.44. The average Bonchev–Trinajstić information content (AvgIpc) is 2.32. The SMILES string of the molecule is COCC(Oc1ccc(F)c(C)c1)C(=O)NN. The van der Waals surface area contributed by atoms with Gasteiger partial charge in [0.25, 0.3) is 5.91 Å². The van der Waals surface area contributed by atoms with Gasteiger partial charge in [0.2, 0.25) is 6.10 Å². The van der Waals surface area contributed by atoms with Gasteiger partial charge in [-0.15, -0.1) is 0 Å². The van der Waals surface area contributed by atoms with E-state index in [9.17, 15) is 9.18 Å². The molecule has 0 spiro atoms. The van der Waals surface area contributed by atoms with Crippen molar-refractivity contribution in [1.29, 1.82) is 0 Å². The number of hydrogen-bond acceptors (Lipinski definition) is 4. The highest BCUT2D eigenvalue weighted by molar-refractivity contribution is 5.80. The highest BCUT2D eigenvalue weighted by Gasteiger charge is 2.19. The molecule has 6 heteroatoms. The lowest BCUT2D eigenvalue weighted by Gasteiger charge is -2.16. The second-order valence-corrected chi connectivity index (χ2v) is 3.48. The minimum Gasteiger partial charge on any atom is -0.478 e. The van der Waals surface area contributed by atoms with Crippen LogP contribution in [0.25, 0.3) is 0 Å². The number of methoxy groups -OCH3 is 1. The number of halogens is 1. The largest absolute Gasteiger partial charge is 0.478 e. The number of hydrogen-bond donors (Lipinski definition) is 2. The van der Waals surface area contributed by atoms with Crippen LogP contribution >= 0.6 is 0 Å². The number of rotatable bonds is 5. The zero-order chi connectivity index (χ0) is 12.8. The van der Waals surface area contributed by atoms with Gasteiger partial charge in [-0.3, -0.25) is 10.2 Å². The molecule has 0 radical (unpaired) electrons. The normalized spacial score (nSPS) is 12.0. The third-order valence-electron chi connectivity index (χ3n) is 2.16. The summed E-state index contributed by atoms with van der Waals surface area (Å²) >= 11 is 0. The smallest absolute Gasteiger partial charge is 0.277 e. The third-order valence-corrected chi connectivity index (χ3v) is 2.16. The van der Waals surface area contributed by atoms with Crippen LogP contribution in [-0.2, 0) is 9.53 Å². The first-order valence-corrected chi connectivity index (χ1v) is 5.00. The van der Waals surface area contributed by atoms with Crippen LogP contribution < -0.4 is 16.0 Å². The number of hydrazine groups is 1. The van der Waals surface area contributed by atoms with Gasteiger partial charge < -0.3 is 9.47 Å². The van der Waals surface area contributed by atoms with E-state index in [0.29, 0.717) is 11.3 Å². The van der Waals surface area contributed by atoms with Crippen LogP contribution in [0.3, 0.4) is 0 Å². The highest BCUT2D eigenvalue weighted by atomic mass is 19.1. The predicted molar refractivity (Wildman–Crippen MR) is 59.8 cm³/mol. The van der Waals surface area contributed by atoms with E-state index in [1.165, 1.54) is 25.3 Å². The number of nitrogens with two attached hydrogens (primary N) is 1. The Morgan fingerprint density at radius 3 is 2.82 bits per heavy atom. The fourth-order valence-electron chi connectivity index (χ4n) is 1.26. The van der Waals surface area contributed by atoms with Crippen molar-refractivity contribution < 1.29 is 18.7 Å². The van der Waals surface area contributed by atoms with Crippen molar-refractivity contribution in [2.75, 3.05) is 13.7 Å². The van der Waals surface area contributed by atoms with Gasteiger partial charge in [-0.2, -0.15) is 0 Å². The lowest BCUT2D eigenvalue weighted by Crippen LogP contribution is -2.44. The average molecular weight is 242 g/mol. The molecule has 94 valence electrons. The molecule has 1 amide bonds. The summed E-state index contributed by atoms with van der Waals surface area (Å²) in [6.07, 6.45) is -0.866. The molecule has 5 nitrogen and oxygen atoms in total. The Hall–Kier alpha value is -1.66. The summed E-state index contributed by atoms with van der Waals surface area (Å²) in [5.41, 5.74) is 2.41. The minimum absolute atomic E-state index is 0.0550.